The van der Waals surface area contributed by atoms with Crippen molar-refractivity contribution in [3.63, 3.8) is 0 Å². The van der Waals surface area contributed by atoms with E-state index in [1.54, 1.807) is 18.2 Å². The first kappa shape index (κ1) is 15.8. The summed E-state index contributed by atoms with van der Waals surface area (Å²) in [4.78, 5) is 16.3. The van der Waals surface area contributed by atoms with Gasteiger partial charge in [0.25, 0.3) is 0 Å². The number of hydrogen-bond acceptors (Lipinski definition) is 6. The van der Waals surface area contributed by atoms with E-state index in [0.29, 0.717) is 41.9 Å². The number of ether oxygens (including phenoxy) is 1. The lowest BCUT2D eigenvalue weighted by atomic mass is 10.2. The Balaban J connectivity index is 1.56. The Morgan fingerprint density at radius 1 is 1.25 bits per heavy atom. The van der Waals surface area contributed by atoms with E-state index in [1.165, 1.54) is 6.26 Å². The number of benzene rings is 1. The van der Waals surface area contributed by atoms with Gasteiger partial charge < -0.3 is 19.0 Å². The number of nitrogens with one attached hydrogen (secondary N) is 1. The summed E-state index contributed by atoms with van der Waals surface area (Å²) in [5.41, 5.74) is 0.645. The Hall–Kier alpha value is -3.09. The molecule has 0 saturated carbocycles. The second kappa shape index (κ2) is 7.45. The van der Waals surface area contributed by atoms with E-state index < -0.39 is 0 Å². The molecular formula is C17H17N3O4. The molecule has 3 aromatic rings. The van der Waals surface area contributed by atoms with E-state index in [2.05, 4.69) is 15.5 Å². The Labute approximate surface area is 138 Å². The van der Waals surface area contributed by atoms with Crippen molar-refractivity contribution in [3.05, 3.63) is 48.6 Å². The summed E-state index contributed by atoms with van der Waals surface area (Å²) in [7, 11) is 0. The fourth-order valence-electron chi connectivity index (χ4n) is 2.15. The minimum absolute atomic E-state index is 0.153. The lowest BCUT2D eigenvalue weighted by Gasteiger charge is -2.10. The van der Waals surface area contributed by atoms with Gasteiger partial charge in [0.15, 0.2) is 5.76 Å². The van der Waals surface area contributed by atoms with Gasteiger partial charge in [0.1, 0.15) is 5.75 Å². The van der Waals surface area contributed by atoms with E-state index >= 15 is 0 Å². The van der Waals surface area contributed by atoms with Crippen molar-refractivity contribution in [2.45, 2.75) is 19.8 Å². The molecule has 3 rings (SSSR count). The molecule has 2 heterocycles. The van der Waals surface area contributed by atoms with Gasteiger partial charge in [-0.25, -0.2) is 0 Å². The second-order valence-electron chi connectivity index (χ2n) is 4.97. The molecule has 0 unspecified atom stereocenters. The third-order valence-electron chi connectivity index (χ3n) is 3.24. The van der Waals surface area contributed by atoms with Gasteiger partial charge in [-0.05, 0) is 31.2 Å². The Morgan fingerprint density at radius 2 is 2.12 bits per heavy atom. The lowest BCUT2D eigenvalue weighted by molar-refractivity contribution is -0.116. The van der Waals surface area contributed by atoms with Crippen LogP contribution in [0.3, 0.4) is 0 Å². The fourth-order valence-corrected chi connectivity index (χ4v) is 2.15. The largest absolute Gasteiger partial charge is 0.492 e. The highest BCUT2D eigenvalue weighted by Crippen LogP contribution is 2.24. The first-order valence-electron chi connectivity index (χ1n) is 7.64. The van der Waals surface area contributed by atoms with Gasteiger partial charge in [-0.3, -0.25) is 4.79 Å². The molecule has 0 atom stereocenters. The zero-order chi connectivity index (χ0) is 16.8. The normalized spacial score (nSPS) is 10.5. The number of rotatable bonds is 7. The van der Waals surface area contributed by atoms with Crippen LogP contribution in [-0.4, -0.2) is 22.7 Å². The van der Waals surface area contributed by atoms with Crippen molar-refractivity contribution in [2.75, 3.05) is 11.9 Å². The maximum absolute atomic E-state index is 12.1. The molecule has 2 aromatic heterocycles. The first-order chi connectivity index (χ1) is 11.8. The van der Waals surface area contributed by atoms with Crippen LogP contribution in [0.5, 0.6) is 5.75 Å². The minimum Gasteiger partial charge on any atom is -0.492 e. The third kappa shape index (κ3) is 3.81. The molecule has 124 valence electrons. The standard InChI is InChI=1S/C17H17N3O4/c1-2-22-13-7-4-3-6-12(13)18-15(21)9-10-16-19-17(20-24-16)14-8-5-11-23-14/h3-8,11H,2,9-10H2,1H3,(H,18,21). The number of carbonyl (C=O) groups excluding carboxylic acids is 1. The molecule has 24 heavy (non-hydrogen) atoms. The number of hydrogen-bond donors (Lipinski definition) is 1. The van der Waals surface area contributed by atoms with E-state index in [1.807, 2.05) is 25.1 Å². The topological polar surface area (TPSA) is 90.4 Å². The number of amides is 1. The van der Waals surface area contributed by atoms with Crippen molar-refractivity contribution < 1.29 is 18.5 Å². The molecule has 0 bridgehead atoms. The van der Waals surface area contributed by atoms with Crippen LogP contribution in [0.1, 0.15) is 19.2 Å². The van der Waals surface area contributed by atoms with Gasteiger partial charge in [0.05, 0.1) is 18.6 Å². The summed E-state index contributed by atoms with van der Waals surface area (Å²) in [6, 6.07) is 10.8. The molecule has 1 amide bonds. The molecule has 1 aromatic carbocycles. The van der Waals surface area contributed by atoms with Crippen molar-refractivity contribution >= 4 is 11.6 Å². The summed E-state index contributed by atoms with van der Waals surface area (Å²) >= 11 is 0. The van der Waals surface area contributed by atoms with Crippen LogP contribution in [0.15, 0.2) is 51.6 Å². The SMILES string of the molecule is CCOc1ccccc1NC(=O)CCc1nc(-c2ccco2)no1. The molecule has 0 radical (unpaired) electrons. The number of para-hydroxylation sites is 2. The summed E-state index contributed by atoms with van der Waals surface area (Å²) in [5, 5.41) is 6.66. The summed E-state index contributed by atoms with van der Waals surface area (Å²) in [6.07, 6.45) is 2.10. The Bertz CT molecular complexity index is 796. The zero-order valence-corrected chi connectivity index (χ0v) is 13.2. The second-order valence-corrected chi connectivity index (χ2v) is 4.97. The smallest absolute Gasteiger partial charge is 0.238 e. The van der Waals surface area contributed by atoms with Crippen molar-refractivity contribution in [2.24, 2.45) is 0 Å². The molecular weight excluding hydrogens is 310 g/mol. The molecule has 0 aliphatic heterocycles. The van der Waals surface area contributed by atoms with Crippen molar-refractivity contribution in [1.82, 2.24) is 10.1 Å². The number of nitrogens with zero attached hydrogens (tertiary/aromatic N) is 2. The lowest BCUT2D eigenvalue weighted by Crippen LogP contribution is -2.13. The van der Waals surface area contributed by atoms with Crippen LogP contribution in [-0.2, 0) is 11.2 Å². The van der Waals surface area contributed by atoms with Gasteiger partial charge in [0.2, 0.25) is 17.6 Å². The molecule has 0 aliphatic carbocycles. The highest BCUT2D eigenvalue weighted by Gasteiger charge is 2.13. The monoisotopic (exact) mass is 327 g/mol. The van der Waals surface area contributed by atoms with Crippen LogP contribution >= 0.6 is 0 Å². The van der Waals surface area contributed by atoms with Gasteiger partial charge in [-0.2, -0.15) is 4.98 Å². The average Bonchev–Trinajstić information content (AvgIpc) is 3.26. The number of aryl methyl sites for hydroxylation is 1. The average molecular weight is 327 g/mol. The maximum Gasteiger partial charge on any atom is 0.238 e. The predicted molar refractivity (Wildman–Crippen MR) is 86.6 cm³/mol. The molecule has 7 nitrogen and oxygen atoms in total. The van der Waals surface area contributed by atoms with Crippen LogP contribution < -0.4 is 10.1 Å². The van der Waals surface area contributed by atoms with Crippen LogP contribution in [0.25, 0.3) is 11.6 Å². The van der Waals surface area contributed by atoms with Crippen molar-refractivity contribution in [3.8, 4) is 17.3 Å². The van der Waals surface area contributed by atoms with Crippen LogP contribution in [0.2, 0.25) is 0 Å². The summed E-state index contributed by atoms with van der Waals surface area (Å²) in [6.45, 7) is 2.43. The van der Waals surface area contributed by atoms with Gasteiger partial charge >= 0.3 is 0 Å². The zero-order valence-electron chi connectivity index (χ0n) is 13.2. The van der Waals surface area contributed by atoms with Crippen molar-refractivity contribution in [1.29, 1.82) is 0 Å². The summed E-state index contributed by atoms with van der Waals surface area (Å²) < 4.78 is 15.8. The number of carbonyl (C=O) groups is 1. The van der Waals surface area contributed by atoms with E-state index in [-0.39, 0.29) is 12.3 Å². The van der Waals surface area contributed by atoms with Gasteiger partial charge in [-0.1, -0.05) is 17.3 Å². The Kier molecular flexibility index (Phi) is 4.90. The highest BCUT2D eigenvalue weighted by molar-refractivity contribution is 5.92. The summed E-state index contributed by atoms with van der Waals surface area (Å²) in [5.74, 6) is 1.78. The van der Waals surface area contributed by atoms with E-state index in [0.717, 1.165) is 0 Å². The predicted octanol–water partition coefficient (Wildman–Crippen LogP) is 3.30. The van der Waals surface area contributed by atoms with Gasteiger partial charge in [0, 0.05) is 12.8 Å². The molecule has 7 heteroatoms. The molecule has 1 N–H and O–H groups in total. The van der Waals surface area contributed by atoms with Crippen LogP contribution in [0.4, 0.5) is 5.69 Å². The molecule has 0 saturated heterocycles. The van der Waals surface area contributed by atoms with Gasteiger partial charge in [-0.15, -0.1) is 0 Å². The maximum atomic E-state index is 12.1. The first-order valence-corrected chi connectivity index (χ1v) is 7.64. The molecule has 0 aliphatic rings. The quantitative estimate of drug-likeness (QED) is 0.716. The number of aromatic nitrogens is 2. The molecule has 0 spiro atoms. The Morgan fingerprint density at radius 3 is 2.92 bits per heavy atom. The van der Waals surface area contributed by atoms with Crippen LogP contribution in [0, 0.1) is 0 Å². The third-order valence-corrected chi connectivity index (χ3v) is 3.24. The van der Waals surface area contributed by atoms with E-state index in [4.69, 9.17) is 13.7 Å². The highest BCUT2D eigenvalue weighted by atomic mass is 16.5. The minimum atomic E-state index is -0.153. The van der Waals surface area contributed by atoms with E-state index in [9.17, 15) is 4.79 Å². The molecule has 0 fully saturated rings. The number of furan rings is 1. The fraction of sp³-hybridized carbons (Fsp3) is 0.235. The number of anilines is 1.